The van der Waals surface area contributed by atoms with Crippen molar-refractivity contribution in [1.82, 2.24) is 4.98 Å². The summed E-state index contributed by atoms with van der Waals surface area (Å²) in [7, 11) is 0. The van der Waals surface area contributed by atoms with Crippen molar-refractivity contribution in [3.8, 4) is 0 Å². The van der Waals surface area contributed by atoms with E-state index in [2.05, 4.69) is 26.2 Å². The third-order valence-corrected chi connectivity index (χ3v) is 2.82. The number of aliphatic carboxylic acids is 1. The average Bonchev–Trinajstić information content (AvgIpc) is 2.97. The quantitative estimate of drug-likeness (QED) is 0.880. The molecule has 1 fully saturated rings. The number of hydrogen-bond acceptors (Lipinski definition) is 3. The highest BCUT2D eigenvalue weighted by Crippen LogP contribution is 2.34. The summed E-state index contributed by atoms with van der Waals surface area (Å²) in [5, 5.41) is 12.0. The van der Waals surface area contributed by atoms with E-state index in [-0.39, 0.29) is 5.92 Å². The number of aromatic nitrogens is 1. The Morgan fingerprint density at radius 3 is 2.87 bits per heavy atom. The van der Waals surface area contributed by atoms with E-state index in [9.17, 15) is 4.79 Å². The van der Waals surface area contributed by atoms with Gasteiger partial charge in [-0.15, -0.1) is 0 Å². The number of pyridine rings is 1. The fraction of sp³-hybridized carbons (Fsp3) is 0.400. The number of halogens is 1. The Morgan fingerprint density at radius 1 is 1.60 bits per heavy atom. The molecule has 2 N–H and O–H groups in total. The smallest absolute Gasteiger partial charge is 0.326 e. The van der Waals surface area contributed by atoms with E-state index in [1.165, 1.54) is 0 Å². The van der Waals surface area contributed by atoms with Gasteiger partial charge in [0.05, 0.1) is 11.9 Å². The first kappa shape index (κ1) is 10.4. The minimum absolute atomic E-state index is 0.265. The number of carboxylic acid groups (broad SMARTS) is 1. The Bertz CT molecular complexity index is 379. The predicted octanol–water partition coefficient (Wildman–Crippen LogP) is 2.12. The number of carboxylic acids is 1. The van der Waals surface area contributed by atoms with Gasteiger partial charge >= 0.3 is 5.97 Å². The Morgan fingerprint density at radius 2 is 2.33 bits per heavy atom. The molecule has 1 atom stereocenters. The second kappa shape index (κ2) is 4.18. The van der Waals surface area contributed by atoms with Crippen LogP contribution < -0.4 is 5.32 Å². The van der Waals surface area contributed by atoms with Crippen LogP contribution in [0.1, 0.15) is 12.8 Å². The van der Waals surface area contributed by atoms with Crippen LogP contribution in [-0.4, -0.2) is 22.1 Å². The Kier molecular flexibility index (Phi) is 2.90. The molecule has 2 rings (SSSR count). The van der Waals surface area contributed by atoms with Crippen LogP contribution in [0.4, 0.5) is 5.69 Å². The minimum atomic E-state index is -0.794. The number of carbonyl (C=O) groups is 1. The highest BCUT2D eigenvalue weighted by Gasteiger charge is 2.36. The van der Waals surface area contributed by atoms with Crippen molar-refractivity contribution in [2.24, 2.45) is 5.92 Å². The number of rotatable bonds is 4. The van der Waals surface area contributed by atoms with Crippen LogP contribution in [0.3, 0.4) is 0 Å². The first-order chi connectivity index (χ1) is 7.16. The summed E-state index contributed by atoms with van der Waals surface area (Å²) >= 11 is 3.29. The first-order valence-corrected chi connectivity index (χ1v) is 5.56. The SMILES string of the molecule is O=C(O)C(Nc1cncc(Br)c1)C1CC1. The molecule has 0 radical (unpaired) electrons. The van der Waals surface area contributed by atoms with Gasteiger partial charge in [0.25, 0.3) is 0 Å². The van der Waals surface area contributed by atoms with Gasteiger partial charge in [0.15, 0.2) is 0 Å². The van der Waals surface area contributed by atoms with Crippen LogP contribution in [0.25, 0.3) is 0 Å². The Labute approximate surface area is 95.8 Å². The van der Waals surface area contributed by atoms with Gasteiger partial charge in [-0.05, 0) is 40.8 Å². The Hall–Kier alpha value is -1.10. The van der Waals surface area contributed by atoms with E-state index in [0.717, 1.165) is 23.0 Å². The second-order valence-corrected chi connectivity index (χ2v) is 4.61. The van der Waals surface area contributed by atoms with Crippen molar-refractivity contribution >= 4 is 27.6 Å². The van der Waals surface area contributed by atoms with E-state index in [0.29, 0.717) is 0 Å². The summed E-state index contributed by atoms with van der Waals surface area (Å²) in [6, 6.07) is 1.34. The number of anilines is 1. The average molecular weight is 271 g/mol. The fourth-order valence-electron chi connectivity index (χ4n) is 1.48. The molecular formula is C10H11BrN2O2. The molecule has 0 saturated heterocycles. The predicted molar refractivity (Wildman–Crippen MR) is 59.7 cm³/mol. The number of nitrogens with zero attached hydrogens (tertiary/aromatic N) is 1. The molecule has 0 aromatic carbocycles. The molecular weight excluding hydrogens is 260 g/mol. The minimum Gasteiger partial charge on any atom is -0.480 e. The molecule has 4 nitrogen and oxygen atoms in total. The van der Waals surface area contributed by atoms with Crippen LogP contribution in [0.5, 0.6) is 0 Å². The fourth-order valence-corrected chi connectivity index (χ4v) is 1.85. The molecule has 80 valence electrons. The summed E-state index contributed by atoms with van der Waals surface area (Å²) in [5.74, 6) is -0.529. The summed E-state index contributed by atoms with van der Waals surface area (Å²) in [6.45, 7) is 0. The topological polar surface area (TPSA) is 62.2 Å². The van der Waals surface area contributed by atoms with Crippen LogP contribution in [-0.2, 0) is 4.79 Å². The third kappa shape index (κ3) is 2.68. The zero-order valence-electron chi connectivity index (χ0n) is 7.98. The molecule has 5 heteroatoms. The van der Waals surface area contributed by atoms with E-state index in [1.807, 2.05) is 6.07 Å². The van der Waals surface area contributed by atoms with E-state index >= 15 is 0 Å². The van der Waals surface area contributed by atoms with Crippen molar-refractivity contribution in [3.05, 3.63) is 22.9 Å². The first-order valence-electron chi connectivity index (χ1n) is 4.76. The molecule has 1 aliphatic carbocycles. The van der Waals surface area contributed by atoms with Crippen LogP contribution in [0.15, 0.2) is 22.9 Å². The van der Waals surface area contributed by atoms with Gasteiger partial charge in [-0.25, -0.2) is 4.79 Å². The van der Waals surface area contributed by atoms with Gasteiger partial charge in [-0.3, -0.25) is 4.98 Å². The molecule has 1 saturated carbocycles. The third-order valence-electron chi connectivity index (χ3n) is 2.39. The van der Waals surface area contributed by atoms with E-state index in [4.69, 9.17) is 5.11 Å². The van der Waals surface area contributed by atoms with Crippen molar-refractivity contribution in [2.45, 2.75) is 18.9 Å². The highest BCUT2D eigenvalue weighted by molar-refractivity contribution is 9.10. The molecule has 1 aromatic rings. The lowest BCUT2D eigenvalue weighted by molar-refractivity contribution is -0.138. The van der Waals surface area contributed by atoms with Gasteiger partial charge in [-0.2, -0.15) is 0 Å². The zero-order valence-corrected chi connectivity index (χ0v) is 9.57. The standard InChI is InChI=1S/C10H11BrN2O2/c11-7-3-8(5-12-4-7)13-9(10(14)15)6-1-2-6/h3-6,9,13H,1-2H2,(H,14,15). The lowest BCUT2D eigenvalue weighted by Gasteiger charge is -2.14. The van der Waals surface area contributed by atoms with Crippen molar-refractivity contribution in [1.29, 1.82) is 0 Å². The van der Waals surface area contributed by atoms with Gasteiger partial charge < -0.3 is 10.4 Å². The molecule has 0 amide bonds. The molecule has 1 aromatic heterocycles. The Balaban J connectivity index is 2.08. The van der Waals surface area contributed by atoms with Crippen LogP contribution >= 0.6 is 15.9 Å². The van der Waals surface area contributed by atoms with Gasteiger partial charge in [0, 0.05) is 10.7 Å². The van der Waals surface area contributed by atoms with E-state index in [1.54, 1.807) is 12.4 Å². The molecule has 0 aliphatic heterocycles. The maximum Gasteiger partial charge on any atom is 0.326 e. The second-order valence-electron chi connectivity index (χ2n) is 3.69. The van der Waals surface area contributed by atoms with Crippen molar-refractivity contribution in [2.75, 3.05) is 5.32 Å². The maximum atomic E-state index is 11.0. The van der Waals surface area contributed by atoms with Gasteiger partial charge in [0.2, 0.25) is 0 Å². The molecule has 1 heterocycles. The normalized spacial score (nSPS) is 17.1. The van der Waals surface area contributed by atoms with E-state index < -0.39 is 12.0 Å². The lowest BCUT2D eigenvalue weighted by Crippen LogP contribution is -2.31. The van der Waals surface area contributed by atoms with Crippen molar-refractivity contribution in [3.63, 3.8) is 0 Å². The molecule has 1 aliphatic rings. The summed E-state index contributed by atoms with van der Waals surface area (Å²) < 4.78 is 0.840. The maximum absolute atomic E-state index is 11.0. The van der Waals surface area contributed by atoms with Crippen LogP contribution in [0.2, 0.25) is 0 Å². The molecule has 0 spiro atoms. The number of nitrogens with one attached hydrogen (secondary N) is 1. The summed E-state index contributed by atoms with van der Waals surface area (Å²) in [4.78, 5) is 14.9. The number of hydrogen-bond donors (Lipinski definition) is 2. The molecule has 1 unspecified atom stereocenters. The van der Waals surface area contributed by atoms with Gasteiger partial charge in [0.1, 0.15) is 6.04 Å². The lowest BCUT2D eigenvalue weighted by atomic mass is 10.2. The highest BCUT2D eigenvalue weighted by atomic mass is 79.9. The van der Waals surface area contributed by atoms with Crippen LogP contribution in [0, 0.1) is 5.92 Å². The monoisotopic (exact) mass is 270 g/mol. The molecule has 0 bridgehead atoms. The zero-order chi connectivity index (χ0) is 10.8. The largest absolute Gasteiger partial charge is 0.480 e. The van der Waals surface area contributed by atoms with Gasteiger partial charge in [-0.1, -0.05) is 0 Å². The molecule has 15 heavy (non-hydrogen) atoms. The summed E-state index contributed by atoms with van der Waals surface area (Å²) in [6.07, 6.45) is 5.28. The summed E-state index contributed by atoms with van der Waals surface area (Å²) in [5.41, 5.74) is 0.740. The van der Waals surface area contributed by atoms with Crippen molar-refractivity contribution < 1.29 is 9.90 Å².